The van der Waals surface area contributed by atoms with E-state index >= 15 is 0 Å². The fraction of sp³-hybridized carbons (Fsp3) is 0.588. The maximum absolute atomic E-state index is 12.7. The summed E-state index contributed by atoms with van der Waals surface area (Å²) >= 11 is 6.20. The number of carbonyl (C=O) groups excluding carboxylic acids is 1. The van der Waals surface area contributed by atoms with Crippen LogP contribution >= 0.6 is 11.6 Å². The number of hydrogen-bond donors (Lipinski definition) is 0. The Kier molecular flexibility index (Phi) is 5.51. The molecule has 21 heavy (non-hydrogen) atoms. The first-order chi connectivity index (χ1) is 10.1. The standard InChI is InChI=1S/C17H23ClO3/c1-4-11-6-5-7-12(8-11)16(19)13-9-14(18)17(21-3)15(10-13)20-2/h9-12H,4-8H2,1-3H3. The van der Waals surface area contributed by atoms with E-state index in [1.54, 1.807) is 19.2 Å². The van der Waals surface area contributed by atoms with E-state index in [-0.39, 0.29) is 11.7 Å². The first kappa shape index (κ1) is 16.2. The molecule has 0 bridgehead atoms. The van der Waals surface area contributed by atoms with E-state index < -0.39 is 0 Å². The second-order valence-electron chi connectivity index (χ2n) is 5.70. The third kappa shape index (κ3) is 3.52. The van der Waals surface area contributed by atoms with Crippen molar-refractivity contribution < 1.29 is 14.3 Å². The van der Waals surface area contributed by atoms with E-state index in [0.29, 0.717) is 28.0 Å². The molecule has 0 N–H and O–H groups in total. The first-order valence-electron chi connectivity index (χ1n) is 7.56. The van der Waals surface area contributed by atoms with Crippen LogP contribution in [0.3, 0.4) is 0 Å². The van der Waals surface area contributed by atoms with Crippen molar-refractivity contribution in [3.63, 3.8) is 0 Å². The third-order valence-electron chi connectivity index (χ3n) is 4.45. The number of rotatable bonds is 5. The van der Waals surface area contributed by atoms with Gasteiger partial charge >= 0.3 is 0 Å². The van der Waals surface area contributed by atoms with Gasteiger partial charge in [-0.2, -0.15) is 0 Å². The number of Topliss-reactive ketones (excluding diaryl/α,β-unsaturated/α-hetero) is 1. The van der Waals surface area contributed by atoms with Crippen LogP contribution in [0.4, 0.5) is 0 Å². The molecule has 0 heterocycles. The van der Waals surface area contributed by atoms with E-state index in [1.165, 1.54) is 13.5 Å². The van der Waals surface area contributed by atoms with Crippen LogP contribution < -0.4 is 9.47 Å². The molecule has 1 aliphatic carbocycles. The van der Waals surface area contributed by atoms with Crippen LogP contribution in [-0.2, 0) is 0 Å². The largest absolute Gasteiger partial charge is 0.493 e. The Morgan fingerprint density at radius 3 is 2.67 bits per heavy atom. The Labute approximate surface area is 131 Å². The molecule has 2 unspecified atom stereocenters. The summed E-state index contributed by atoms with van der Waals surface area (Å²) in [4.78, 5) is 12.7. The van der Waals surface area contributed by atoms with Gasteiger partial charge in [-0.1, -0.05) is 37.8 Å². The molecule has 2 atom stereocenters. The average Bonchev–Trinajstić information content (AvgIpc) is 2.53. The minimum Gasteiger partial charge on any atom is -0.493 e. The van der Waals surface area contributed by atoms with Gasteiger partial charge < -0.3 is 9.47 Å². The van der Waals surface area contributed by atoms with Gasteiger partial charge in [0.05, 0.1) is 19.2 Å². The Morgan fingerprint density at radius 1 is 1.29 bits per heavy atom. The van der Waals surface area contributed by atoms with E-state index in [1.807, 2.05) is 0 Å². The van der Waals surface area contributed by atoms with Crippen molar-refractivity contribution in [2.24, 2.45) is 11.8 Å². The van der Waals surface area contributed by atoms with Crippen molar-refractivity contribution in [2.75, 3.05) is 14.2 Å². The lowest BCUT2D eigenvalue weighted by Gasteiger charge is -2.27. The summed E-state index contributed by atoms with van der Waals surface area (Å²) in [5, 5.41) is 0.419. The Hall–Kier alpha value is -1.22. The summed E-state index contributed by atoms with van der Waals surface area (Å²) in [7, 11) is 3.09. The molecule has 0 amide bonds. The summed E-state index contributed by atoms with van der Waals surface area (Å²) in [6.45, 7) is 2.20. The molecule has 4 heteroatoms. The van der Waals surface area contributed by atoms with Gasteiger partial charge in [0.15, 0.2) is 17.3 Å². The second kappa shape index (κ2) is 7.17. The molecule has 0 spiro atoms. The molecule has 1 fully saturated rings. The summed E-state index contributed by atoms with van der Waals surface area (Å²) in [6, 6.07) is 3.43. The lowest BCUT2D eigenvalue weighted by atomic mass is 9.77. The molecule has 0 aliphatic heterocycles. The van der Waals surface area contributed by atoms with Gasteiger partial charge in [-0.15, -0.1) is 0 Å². The van der Waals surface area contributed by atoms with Crippen molar-refractivity contribution in [2.45, 2.75) is 39.0 Å². The quantitative estimate of drug-likeness (QED) is 0.736. The highest BCUT2D eigenvalue weighted by molar-refractivity contribution is 6.32. The highest BCUT2D eigenvalue weighted by atomic mass is 35.5. The van der Waals surface area contributed by atoms with Crippen molar-refractivity contribution in [3.8, 4) is 11.5 Å². The summed E-state index contributed by atoms with van der Waals surface area (Å²) in [6.07, 6.45) is 5.49. The highest BCUT2D eigenvalue weighted by Gasteiger charge is 2.28. The maximum Gasteiger partial charge on any atom is 0.179 e. The normalized spacial score (nSPS) is 21.9. The van der Waals surface area contributed by atoms with Gasteiger partial charge in [0.25, 0.3) is 0 Å². The molecule has 3 nitrogen and oxygen atoms in total. The number of benzene rings is 1. The lowest BCUT2D eigenvalue weighted by molar-refractivity contribution is 0.0861. The van der Waals surface area contributed by atoms with E-state index in [2.05, 4.69) is 6.92 Å². The van der Waals surface area contributed by atoms with Gasteiger partial charge in [0.2, 0.25) is 0 Å². The van der Waals surface area contributed by atoms with Crippen LogP contribution in [0.2, 0.25) is 5.02 Å². The smallest absolute Gasteiger partial charge is 0.179 e. The van der Waals surface area contributed by atoms with Crippen molar-refractivity contribution in [1.82, 2.24) is 0 Å². The maximum atomic E-state index is 12.7. The van der Waals surface area contributed by atoms with Gasteiger partial charge in [-0.3, -0.25) is 4.79 Å². The van der Waals surface area contributed by atoms with Gasteiger partial charge in [-0.25, -0.2) is 0 Å². The van der Waals surface area contributed by atoms with Crippen molar-refractivity contribution in [3.05, 3.63) is 22.7 Å². The average molecular weight is 311 g/mol. The van der Waals surface area contributed by atoms with E-state index in [9.17, 15) is 4.79 Å². The number of ether oxygens (including phenoxy) is 2. The van der Waals surface area contributed by atoms with Gasteiger partial charge in [-0.05, 0) is 30.9 Å². The zero-order valence-corrected chi connectivity index (χ0v) is 13.7. The van der Waals surface area contributed by atoms with E-state index in [0.717, 1.165) is 25.7 Å². The molecule has 0 aromatic heterocycles. The summed E-state index contributed by atoms with van der Waals surface area (Å²) in [5.74, 6) is 1.94. The van der Waals surface area contributed by atoms with Crippen LogP contribution in [0.1, 0.15) is 49.4 Å². The minimum absolute atomic E-state index is 0.109. The Morgan fingerprint density at radius 2 is 2.05 bits per heavy atom. The van der Waals surface area contributed by atoms with Crippen LogP contribution in [0.15, 0.2) is 12.1 Å². The predicted molar refractivity (Wildman–Crippen MR) is 84.6 cm³/mol. The fourth-order valence-corrected chi connectivity index (χ4v) is 3.48. The van der Waals surface area contributed by atoms with Crippen molar-refractivity contribution >= 4 is 17.4 Å². The zero-order chi connectivity index (χ0) is 15.4. The van der Waals surface area contributed by atoms with E-state index in [4.69, 9.17) is 21.1 Å². The predicted octanol–water partition coefficient (Wildman–Crippen LogP) is 4.76. The lowest BCUT2D eigenvalue weighted by Crippen LogP contribution is -2.23. The number of halogens is 1. The van der Waals surface area contributed by atoms with Crippen LogP contribution in [-0.4, -0.2) is 20.0 Å². The monoisotopic (exact) mass is 310 g/mol. The highest BCUT2D eigenvalue weighted by Crippen LogP contribution is 2.38. The summed E-state index contributed by atoms with van der Waals surface area (Å²) < 4.78 is 10.5. The molecule has 1 saturated carbocycles. The fourth-order valence-electron chi connectivity index (χ4n) is 3.20. The molecular formula is C17H23ClO3. The molecule has 2 rings (SSSR count). The number of carbonyl (C=O) groups is 1. The molecule has 1 aromatic carbocycles. The zero-order valence-electron chi connectivity index (χ0n) is 12.9. The molecule has 0 radical (unpaired) electrons. The Bertz CT molecular complexity index is 513. The minimum atomic E-state index is 0.109. The summed E-state index contributed by atoms with van der Waals surface area (Å²) in [5.41, 5.74) is 0.624. The Balaban J connectivity index is 2.25. The van der Waals surface area contributed by atoms with Gasteiger partial charge in [0, 0.05) is 11.5 Å². The second-order valence-corrected chi connectivity index (χ2v) is 6.10. The molecular weight excluding hydrogens is 288 g/mol. The van der Waals surface area contributed by atoms with Crippen molar-refractivity contribution in [1.29, 1.82) is 0 Å². The number of hydrogen-bond acceptors (Lipinski definition) is 3. The molecule has 1 aliphatic rings. The number of ketones is 1. The SMILES string of the molecule is CCC1CCCC(C(=O)c2cc(Cl)c(OC)c(OC)c2)C1. The van der Waals surface area contributed by atoms with Crippen LogP contribution in [0.5, 0.6) is 11.5 Å². The topological polar surface area (TPSA) is 35.5 Å². The third-order valence-corrected chi connectivity index (χ3v) is 4.73. The first-order valence-corrected chi connectivity index (χ1v) is 7.94. The molecule has 1 aromatic rings. The van der Waals surface area contributed by atoms with Gasteiger partial charge in [0.1, 0.15) is 0 Å². The molecule has 116 valence electrons. The van der Waals surface area contributed by atoms with Crippen LogP contribution in [0.25, 0.3) is 0 Å². The molecule has 0 saturated heterocycles. The number of methoxy groups -OCH3 is 2. The van der Waals surface area contributed by atoms with Crippen LogP contribution in [0, 0.1) is 11.8 Å².